The first-order valence-corrected chi connectivity index (χ1v) is 10.9. The highest BCUT2D eigenvalue weighted by Crippen LogP contribution is 2.22. The largest absolute Gasteiger partial charge is 0.342 e. The van der Waals surface area contributed by atoms with Gasteiger partial charge in [-0.1, -0.05) is 36.0 Å². The van der Waals surface area contributed by atoms with Crippen LogP contribution in [0.2, 0.25) is 0 Å². The fraction of sp³-hybridized carbons (Fsp3) is 0.182. The van der Waals surface area contributed by atoms with Gasteiger partial charge in [-0.15, -0.1) is 16.8 Å². The standard InChI is InChI=1S/C22H22N6O4S/c1-3-13-27-20(15(2)23-21(30)16-7-5-4-6-8-16)25-26-22(27)33-14-19(29)24-17-9-11-18(12-10-17)28(31)32/h3-12,15H,1,13-14H2,2H3,(H,23,30)(H,24,29)/t15-/m0/s1. The molecule has 0 bridgehead atoms. The lowest BCUT2D eigenvalue weighted by atomic mass is 10.2. The highest BCUT2D eigenvalue weighted by molar-refractivity contribution is 7.99. The summed E-state index contributed by atoms with van der Waals surface area (Å²) < 4.78 is 1.78. The SMILES string of the molecule is C=CCn1c(SCC(=O)Nc2ccc([N+](=O)[O-])cc2)nnc1[C@H](C)NC(=O)c1ccccc1. The van der Waals surface area contributed by atoms with Crippen LogP contribution in [0.5, 0.6) is 0 Å². The van der Waals surface area contributed by atoms with E-state index in [4.69, 9.17) is 0 Å². The van der Waals surface area contributed by atoms with E-state index >= 15 is 0 Å². The van der Waals surface area contributed by atoms with Crippen LogP contribution in [-0.2, 0) is 11.3 Å². The number of carbonyl (C=O) groups excluding carboxylic acids is 2. The van der Waals surface area contributed by atoms with Gasteiger partial charge in [-0.25, -0.2) is 0 Å². The van der Waals surface area contributed by atoms with E-state index in [-0.39, 0.29) is 23.3 Å². The van der Waals surface area contributed by atoms with Gasteiger partial charge in [0.15, 0.2) is 11.0 Å². The maximum Gasteiger partial charge on any atom is 0.269 e. The van der Waals surface area contributed by atoms with Gasteiger partial charge in [-0.2, -0.15) is 0 Å². The zero-order valence-electron chi connectivity index (χ0n) is 17.8. The van der Waals surface area contributed by atoms with Crippen LogP contribution < -0.4 is 10.6 Å². The molecule has 3 aromatic rings. The van der Waals surface area contributed by atoms with Gasteiger partial charge in [0.2, 0.25) is 5.91 Å². The molecule has 0 spiro atoms. The molecule has 1 heterocycles. The van der Waals surface area contributed by atoms with Crippen LogP contribution >= 0.6 is 11.8 Å². The molecular weight excluding hydrogens is 444 g/mol. The van der Waals surface area contributed by atoms with E-state index < -0.39 is 11.0 Å². The van der Waals surface area contributed by atoms with E-state index in [1.54, 1.807) is 41.8 Å². The van der Waals surface area contributed by atoms with Gasteiger partial charge in [-0.3, -0.25) is 19.7 Å². The Balaban J connectivity index is 1.63. The summed E-state index contributed by atoms with van der Waals surface area (Å²) in [6, 6.07) is 14.0. The van der Waals surface area contributed by atoms with Crippen molar-refractivity contribution < 1.29 is 14.5 Å². The Labute approximate surface area is 194 Å². The van der Waals surface area contributed by atoms with Crippen LogP contribution in [0.3, 0.4) is 0 Å². The molecule has 0 unspecified atom stereocenters. The first-order valence-electron chi connectivity index (χ1n) is 9.96. The van der Waals surface area contributed by atoms with Crippen molar-refractivity contribution in [3.63, 3.8) is 0 Å². The van der Waals surface area contributed by atoms with Crippen LogP contribution in [0.4, 0.5) is 11.4 Å². The third-order valence-corrected chi connectivity index (χ3v) is 5.49. The molecule has 0 aliphatic heterocycles. The Morgan fingerprint density at radius 1 is 1.18 bits per heavy atom. The molecule has 2 N–H and O–H groups in total. The maximum atomic E-state index is 12.5. The summed E-state index contributed by atoms with van der Waals surface area (Å²) in [5, 5.41) is 25.2. The first kappa shape index (κ1) is 23.7. The smallest absolute Gasteiger partial charge is 0.269 e. The molecule has 0 radical (unpaired) electrons. The number of hydrogen-bond acceptors (Lipinski definition) is 7. The number of allylic oxidation sites excluding steroid dienone is 1. The highest BCUT2D eigenvalue weighted by atomic mass is 32.2. The summed E-state index contributed by atoms with van der Waals surface area (Å²) in [5.41, 5.74) is 0.939. The number of aromatic nitrogens is 3. The van der Waals surface area contributed by atoms with Crippen molar-refractivity contribution in [3.8, 4) is 0 Å². The number of nitrogens with one attached hydrogen (secondary N) is 2. The number of nitro groups is 1. The molecule has 0 aliphatic rings. The third kappa shape index (κ3) is 6.26. The predicted octanol–water partition coefficient (Wildman–Crippen LogP) is 3.59. The van der Waals surface area contributed by atoms with Gasteiger partial charge in [0.05, 0.1) is 16.7 Å². The minimum Gasteiger partial charge on any atom is -0.342 e. The number of benzene rings is 2. The monoisotopic (exact) mass is 466 g/mol. The lowest BCUT2D eigenvalue weighted by molar-refractivity contribution is -0.384. The van der Waals surface area contributed by atoms with Gasteiger partial charge >= 0.3 is 0 Å². The average molecular weight is 467 g/mol. The number of anilines is 1. The minimum absolute atomic E-state index is 0.0526. The highest BCUT2D eigenvalue weighted by Gasteiger charge is 2.20. The summed E-state index contributed by atoms with van der Waals surface area (Å²) in [5.74, 6) is 0.0659. The lowest BCUT2D eigenvalue weighted by Crippen LogP contribution is -2.28. The minimum atomic E-state index is -0.505. The fourth-order valence-electron chi connectivity index (χ4n) is 2.96. The topological polar surface area (TPSA) is 132 Å². The van der Waals surface area contributed by atoms with Gasteiger partial charge in [0.25, 0.3) is 11.6 Å². The number of carbonyl (C=O) groups is 2. The molecule has 0 saturated carbocycles. The van der Waals surface area contributed by atoms with Crippen LogP contribution in [0, 0.1) is 10.1 Å². The Hall–Kier alpha value is -3.99. The van der Waals surface area contributed by atoms with Crippen LogP contribution in [0.25, 0.3) is 0 Å². The molecule has 3 rings (SSSR count). The van der Waals surface area contributed by atoms with Crippen LogP contribution in [-0.4, -0.2) is 37.3 Å². The van der Waals surface area contributed by atoms with E-state index in [2.05, 4.69) is 27.4 Å². The van der Waals surface area contributed by atoms with E-state index in [0.29, 0.717) is 28.8 Å². The number of rotatable bonds is 10. The van der Waals surface area contributed by atoms with Crippen molar-refractivity contribution in [1.29, 1.82) is 0 Å². The van der Waals surface area contributed by atoms with Gasteiger partial charge in [-0.05, 0) is 31.2 Å². The van der Waals surface area contributed by atoms with Gasteiger partial charge in [0.1, 0.15) is 0 Å². The van der Waals surface area contributed by atoms with Crippen molar-refractivity contribution in [2.45, 2.75) is 24.7 Å². The quantitative estimate of drug-likeness (QED) is 0.202. The Bertz CT molecular complexity index is 1150. The number of nitro benzene ring substituents is 1. The normalized spacial score (nSPS) is 11.4. The molecular formula is C22H22N6O4S. The molecule has 1 atom stereocenters. The second-order valence-electron chi connectivity index (χ2n) is 6.94. The lowest BCUT2D eigenvalue weighted by Gasteiger charge is -2.15. The molecule has 1 aromatic heterocycles. The summed E-state index contributed by atoms with van der Waals surface area (Å²) in [4.78, 5) is 35.0. The summed E-state index contributed by atoms with van der Waals surface area (Å²) >= 11 is 1.18. The molecule has 0 aliphatic carbocycles. The van der Waals surface area contributed by atoms with Crippen molar-refractivity contribution in [2.75, 3.05) is 11.1 Å². The van der Waals surface area contributed by atoms with Crippen LogP contribution in [0.15, 0.2) is 72.4 Å². The number of thioether (sulfide) groups is 1. The Morgan fingerprint density at radius 2 is 1.88 bits per heavy atom. The number of amides is 2. The average Bonchev–Trinajstić information content (AvgIpc) is 3.21. The Kier molecular flexibility index (Phi) is 7.92. The van der Waals surface area contributed by atoms with E-state index in [1.807, 2.05) is 6.07 Å². The molecule has 11 heteroatoms. The first-order chi connectivity index (χ1) is 15.9. The van der Waals surface area contributed by atoms with E-state index in [0.717, 1.165) is 0 Å². The molecule has 2 aromatic carbocycles. The molecule has 0 saturated heterocycles. The van der Waals surface area contributed by atoms with Crippen molar-refractivity contribution in [1.82, 2.24) is 20.1 Å². The fourth-order valence-corrected chi connectivity index (χ4v) is 3.71. The summed E-state index contributed by atoms with van der Waals surface area (Å²) in [6.07, 6.45) is 1.68. The summed E-state index contributed by atoms with van der Waals surface area (Å²) in [6.45, 7) is 5.96. The van der Waals surface area contributed by atoms with Crippen molar-refractivity contribution in [3.05, 3.63) is 88.8 Å². The second kappa shape index (κ2) is 11.0. The van der Waals surface area contributed by atoms with Gasteiger partial charge < -0.3 is 15.2 Å². The zero-order valence-corrected chi connectivity index (χ0v) is 18.6. The number of non-ortho nitro benzene ring substituents is 1. The van der Waals surface area contributed by atoms with Crippen molar-refractivity contribution in [2.24, 2.45) is 0 Å². The Morgan fingerprint density at radius 3 is 2.52 bits per heavy atom. The van der Waals surface area contributed by atoms with E-state index in [1.165, 1.54) is 36.0 Å². The molecule has 2 amide bonds. The van der Waals surface area contributed by atoms with E-state index in [9.17, 15) is 19.7 Å². The summed E-state index contributed by atoms with van der Waals surface area (Å²) in [7, 11) is 0. The molecule has 10 nitrogen and oxygen atoms in total. The maximum absolute atomic E-state index is 12.5. The molecule has 0 fully saturated rings. The number of hydrogen-bond donors (Lipinski definition) is 2. The van der Waals surface area contributed by atoms with Gasteiger partial charge in [0, 0.05) is 29.9 Å². The number of nitrogens with zero attached hydrogens (tertiary/aromatic N) is 4. The second-order valence-corrected chi connectivity index (χ2v) is 7.88. The molecule has 170 valence electrons. The van der Waals surface area contributed by atoms with Crippen molar-refractivity contribution >= 4 is 35.0 Å². The van der Waals surface area contributed by atoms with Crippen LogP contribution in [0.1, 0.15) is 29.1 Å². The zero-order chi connectivity index (χ0) is 23.8. The third-order valence-electron chi connectivity index (χ3n) is 4.52. The molecule has 33 heavy (non-hydrogen) atoms. The predicted molar refractivity (Wildman–Crippen MR) is 125 cm³/mol.